The summed E-state index contributed by atoms with van der Waals surface area (Å²) >= 11 is 7.67. The van der Waals surface area contributed by atoms with Crippen LogP contribution in [0.5, 0.6) is 5.75 Å². The van der Waals surface area contributed by atoms with E-state index in [0.29, 0.717) is 0 Å². The minimum absolute atomic E-state index is 0.755. The van der Waals surface area contributed by atoms with Crippen molar-refractivity contribution in [2.75, 3.05) is 38.2 Å². The van der Waals surface area contributed by atoms with E-state index in [1.807, 2.05) is 36.4 Å². The van der Waals surface area contributed by atoms with Crippen LogP contribution < -0.4 is 9.64 Å². The number of halogens is 1. The van der Waals surface area contributed by atoms with Gasteiger partial charge in [-0.05, 0) is 36.4 Å². The van der Waals surface area contributed by atoms with Crippen LogP contribution in [0.4, 0.5) is 5.69 Å². The largest absolute Gasteiger partial charge is 0.497 e. The van der Waals surface area contributed by atoms with Gasteiger partial charge in [0.15, 0.2) is 0 Å². The lowest BCUT2D eigenvalue weighted by Crippen LogP contribution is -2.46. The Morgan fingerprint density at radius 1 is 1.00 bits per heavy atom. The summed E-state index contributed by atoms with van der Waals surface area (Å²) in [7, 11) is 1.70. The van der Waals surface area contributed by atoms with Crippen molar-refractivity contribution in [1.29, 1.82) is 0 Å². The number of methoxy groups -OCH3 is 1. The molecule has 4 rings (SSSR count). The molecule has 1 aromatic heterocycles. The van der Waals surface area contributed by atoms with Crippen LogP contribution in [0.25, 0.3) is 10.6 Å². The first-order valence-corrected chi connectivity index (χ1v) is 10.3. The molecule has 6 heteroatoms. The molecule has 0 unspecified atom stereocenters. The topological polar surface area (TPSA) is 28.6 Å². The Morgan fingerprint density at radius 3 is 2.37 bits per heavy atom. The second-order valence-corrected chi connectivity index (χ2v) is 7.91. The molecule has 0 aliphatic carbocycles. The summed E-state index contributed by atoms with van der Waals surface area (Å²) in [6, 6.07) is 16.2. The lowest BCUT2D eigenvalue weighted by atomic mass is 10.2. The van der Waals surface area contributed by atoms with Crippen LogP contribution in [-0.2, 0) is 6.54 Å². The number of rotatable bonds is 5. The van der Waals surface area contributed by atoms with Crippen molar-refractivity contribution >= 4 is 28.6 Å². The summed E-state index contributed by atoms with van der Waals surface area (Å²) in [5, 5.41) is 3.98. The molecule has 140 valence electrons. The summed E-state index contributed by atoms with van der Waals surface area (Å²) < 4.78 is 5.24. The molecule has 1 aliphatic heterocycles. The Kier molecular flexibility index (Phi) is 5.62. The van der Waals surface area contributed by atoms with Crippen molar-refractivity contribution in [2.45, 2.75) is 6.54 Å². The van der Waals surface area contributed by atoms with E-state index in [1.54, 1.807) is 18.4 Å². The van der Waals surface area contributed by atoms with Crippen molar-refractivity contribution in [3.8, 4) is 16.3 Å². The number of hydrogen-bond donors (Lipinski definition) is 0. The first-order valence-electron chi connectivity index (χ1n) is 9.03. The highest BCUT2D eigenvalue weighted by Gasteiger charge is 2.18. The van der Waals surface area contributed by atoms with E-state index in [1.165, 1.54) is 5.69 Å². The lowest BCUT2D eigenvalue weighted by Gasteiger charge is -2.35. The number of ether oxygens (including phenoxy) is 1. The van der Waals surface area contributed by atoms with Crippen LogP contribution in [0.1, 0.15) is 5.69 Å². The number of aromatic nitrogens is 1. The fraction of sp³-hybridized carbons (Fsp3) is 0.286. The Hall–Kier alpha value is -2.08. The zero-order chi connectivity index (χ0) is 18.6. The molecule has 0 bridgehead atoms. The predicted octanol–water partition coefficient (Wildman–Crippen LogP) is 4.79. The first-order chi connectivity index (χ1) is 13.2. The fourth-order valence-electron chi connectivity index (χ4n) is 3.29. The summed E-state index contributed by atoms with van der Waals surface area (Å²) in [5.41, 5.74) is 3.52. The Morgan fingerprint density at radius 2 is 1.70 bits per heavy atom. The third kappa shape index (κ3) is 4.43. The van der Waals surface area contributed by atoms with Gasteiger partial charge in [-0.2, -0.15) is 0 Å². The normalized spacial score (nSPS) is 15.1. The molecule has 2 heterocycles. The van der Waals surface area contributed by atoms with Gasteiger partial charge in [-0.1, -0.05) is 23.7 Å². The summed E-state index contributed by atoms with van der Waals surface area (Å²) in [6.07, 6.45) is 0. The highest BCUT2D eigenvalue weighted by molar-refractivity contribution is 7.13. The second-order valence-electron chi connectivity index (χ2n) is 6.61. The third-order valence-corrected chi connectivity index (χ3v) is 6.03. The zero-order valence-corrected chi connectivity index (χ0v) is 16.8. The maximum absolute atomic E-state index is 5.97. The molecular weight excluding hydrogens is 378 g/mol. The van der Waals surface area contributed by atoms with Gasteiger partial charge < -0.3 is 9.64 Å². The molecule has 0 radical (unpaired) electrons. The highest BCUT2D eigenvalue weighted by atomic mass is 35.5. The molecule has 1 fully saturated rings. The van der Waals surface area contributed by atoms with Crippen molar-refractivity contribution < 1.29 is 4.74 Å². The molecule has 0 N–H and O–H groups in total. The van der Waals surface area contributed by atoms with Gasteiger partial charge in [-0.25, -0.2) is 4.98 Å². The maximum atomic E-state index is 5.97. The van der Waals surface area contributed by atoms with E-state index < -0.39 is 0 Å². The molecule has 0 spiro atoms. The van der Waals surface area contributed by atoms with Crippen LogP contribution in [-0.4, -0.2) is 43.2 Å². The predicted molar refractivity (Wildman–Crippen MR) is 113 cm³/mol. The number of benzene rings is 2. The van der Waals surface area contributed by atoms with Gasteiger partial charge in [0.1, 0.15) is 10.8 Å². The van der Waals surface area contributed by atoms with Crippen molar-refractivity contribution in [3.05, 3.63) is 64.6 Å². The minimum atomic E-state index is 0.755. The Labute approximate surface area is 169 Å². The van der Waals surface area contributed by atoms with Crippen LogP contribution in [0.15, 0.2) is 53.9 Å². The quantitative estimate of drug-likeness (QED) is 0.616. The molecule has 3 aromatic rings. The number of hydrogen-bond acceptors (Lipinski definition) is 5. The van der Waals surface area contributed by atoms with E-state index >= 15 is 0 Å². The van der Waals surface area contributed by atoms with Crippen molar-refractivity contribution in [2.24, 2.45) is 0 Å². The third-order valence-electron chi connectivity index (χ3n) is 4.84. The highest BCUT2D eigenvalue weighted by Crippen LogP contribution is 2.26. The summed E-state index contributed by atoms with van der Waals surface area (Å²) in [5.74, 6) is 0.900. The Balaban J connectivity index is 1.33. The number of piperazine rings is 1. The summed E-state index contributed by atoms with van der Waals surface area (Å²) in [6.45, 7) is 5.04. The Bertz CT molecular complexity index is 871. The van der Waals surface area contributed by atoms with Gasteiger partial charge in [0.25, 0.3) is 0 Å². The van der Waals surface area contributed by atoms with Crippen LogP contribution >= 0.6 is 22.9 Å². The average molecular weight is 400 g/mol. The van der Waals surface area contributed by atoms with Crippen molar-refractivity contribution in [1.82, 2.24) is 9.88 Å². The summed E-state index contributed by atoms with van der Waals surface area (Å²) in [4.78, 5) is 9.71. The minimum Gasteiger partial charge on any atom is -0.497 e. The van der Waals surface area contributed by atoms with Gasteiger partial charge in [0, 0.05) is 54.4 Å². The molecule has 0 amide bonds. The average Bonchev–Trinajstić information content (AvgIpc) is 3.18. The SMILES string of the molecule is COc1ccc(N2CCN(Cc3csc(-c4ccc(Cl)cc4)n3)CC2)cc1. The van der Waals surface area contributed by atoms with Gasteiger partial charge in [-0.3, -0.25) is 4.90 Å². The second kappa shape index (κ2) is 8.30. The zero-order valence-electron chi connectivity index (χ0n) is 15.3. The molecule has 2 aromatic carbocycles. The smallest absolute Gasteiger partial charge is 0.123 e. The van der Waals surface area contributed by atoms with Gasteiger partial charge in [-0.15, -0.1) is 11.3 Å². The molecule has 0 atom stereocenters. The molecule has 0 saturated carbocycles. The fourth-order valence-corrected chi connectivity index (χ4v) is 4.23. The van der Waals surface area contributed by atoms with Gasteiger partial charge >= 0.3 is 0 Å². The molecule has 1 aliphatic rings. The monoisotopic (exact) mass is 399 g/mol. The standard InChI is InChI=1S/C21H22ClN3OS/c1-26-20-8-6-19(7-9-20)25-12-10-24(11-13-25)14-18-15-27-21(23-18)16-2-4-17(22)5-3-16/h2-9,15H,10-14H2,1H3. The van der Waals surface area contributed by atoms with E-state index in [4.69, 9.17) is 21.3 Å². The number of anilines is 1. The van der Waals surface area contributed by atoms with Gasteiger partial charge in [0.05, 0.1) is 12.8 Å². The van der Waals surface area contributed by atoms with Crippen molar-refractivity contribution in [3.63, 3.8) is 0 Å². The molecular formula is C21H22ClN3OS. The number of thiazole rings is 1. The maximum Gasteiger partial charge on any atom is 0.123 e. The lowest BCUT2D eigenvalue weighted by molar-refractivity contribution is 0.247. The molecule has 4 nitrogen and oxygen atoms in total. The molecule has 1 saturated heterocycles. The number of nitrogens with zero attached hydrogens (tertiary/aromatic N) is 3. The first kappa shape index (κ1) is 18.3. The van der Waals surface area contributed by atoms with E-state index in [-0.39, 0.29) is 0 Å². The van der Waals surface area contributed by atoms with E-state index in [2.05, 4.69) is 27.3 Å². The van der Waals surface area contributed by atoms with E-state index in [9.17, 15) is 0 Å². The van der Waals surface area contributed by atoms with E-state index in [0.717, 1.165) is 59.8 Å². The van der Waals surface area contributed by atoms with Crippen LogP contribution in [0, 0.1) is 0 Å². The molecule has 27 heavy (non-hydrogen) atoms. The van der Waals surface area contributed by atoms with Crippen LogP contribution in [0.3, 0.4) is 0 Å². The van der Waals surface area contributed by atoms with Gasteiger partial charge in [0.2, 0.25) is 0 Å². The van der Waals surface area contributed by atoms with Crippen LogP contribution in [0.2, 0.25) is 5.02 Å².